The number of hydrogen-bond donors (Lipinski definition) is 0. The van der Waals surface area contributed by atoms with Crippen molar-refractivity contribution in [3.8, 4) is 0 Å². The molecule has 0 aliphatic carbocycles. The summed E-state index contributed by atoms with van der Waals surface area (Å²) in [6.45, 7) is -3.34. The molecule has 1 radical (unpaired) electrons. The fourth-order valence-corrected chi connectivity index (χ4v) is 1.97. The van der Waals surface area contributed by atoms with Gasteiger partial charge in [0.15, 0.2) is 0 Å². The molecule has 0 aliphatic heterocycles. The topological polar surface area (TPSA) is 19.9 Å². The van der Waals surface area contributed by atoms with Gasteiger partial charge in [-0.05, 0) is 5.19 Å². The molecule has 0 spiro atoms. The molecule has 0 fully saturated rings. The summed E-state index contributed by atoms with van der Waals surface area (Å²) in [5, 5.41) is 0.512. The van der Waals surface area contributed by atoms with Gasteiger partial charge < -0.3 is 0 Å². The van der Waals surface area contributed by atoms with E-state index in [4.69, 9.17) is 22.2 Å². The summed E-state index contributed by atoms with van der Waals surface area (Å²) in [6, 6.07) is 8.62. The van der Waals surface area contributed by atoms with Crippen LogP contribution in [-0.4, -0.2) is 6.94 Å². The van der Waals surface area contributed by atoms with E-state index in [-0.39, 0.29) is 0 Å². The van der Waals surface area contributed by atoms with E-state index in [0.717, 1.165) is 0 Å². The summed E-state index contributed by atoms with van der Waals surface area (Å²) in [6.07, 6.45) is 0. The van der Waals surface area contributed by atoms with Gasteiger partial charge in [0.1, 0.15) is 0 Å². The SMILES string of the molecule is [O][Si](Cl)(Cl)c1ccccc1. The quantitative estimate of drug-likeness (QED) is 0.477. The van der Waals surface area contributed by atoms with Crippen LogP contribution < -0.4 is 5.19 Å². The summed E-state index contributed by atoms with van der Waals surface area (Å²) in [5.74, 6) is 0. The van der Waals surface area contributed by atoms with E-state index in [9.17, 15) is 4.80 Å². The van der Waals surface area contributed by atoms with Gasteiger partial charge in [-0.1, -0.05) is 30.3 Å². The first-order chi connectivity index (χ1) is 4.61. The maximum absolute atomic E-state index is 11.0. The van der Waals surface area contributed by atoms with Crippen LogP contribution in [0, 0.1) is 0 Å². The van der Waals surface area contributed by atoms with Crippen molar-refractivity contribution in [1.29, 1.82) is 0 Å². The van der Waals surface area contributed by atoms with E-state index in [1.165, 1.54) is 0 Å². The van der Waals surface area contributed by atoms with Crippen LogP contribution in [0.5, 0.6) is 0 Å². The molecule has 1 rings (SSSR count). The molecule has 1 aromatic carbocycles. The molecular formula is C6H5Cl2OSi. The van der Waals surface area contributed by atoms with Gasteiger partial charge in [-0.3, -0.25) is 0 Å². The predicted octanol–water partition coefficient (Wildman–Crippen LogP) is 1.74. The Labute approximate surface area is 69.7 Å². The van der Waals surface area contributed by atoms with Crippen molar-refractivity contribution in [2.75, 3.05) is 0 Å². The van der Waals surface area contributed by atoms with Crippen LogP contribution in [0.15, 0.2) is 30.3 Å². The Morgan fingerprint density at radius 1 is 1.10 bits per heavy atom. The van der Waals surface area contributed by atoms with Gasteiger partial charge in [0.25, 0.3) is 0 Å². The molecule has 0 saturated heterocycles. The Morgan fingerprint density at radius 3 is 1.90 bits per heavy atom. The Kier molecular flexibility index (Phi) is 2.36. The van der Waals surface area contributed by atoms with E-state index in [1.54, 1.807) is 24.3 Å². The third-order valence-electron chi connectivity index (χ3n) is 1.11. The third-order valence-corrected chi connectivity index (χ3v) is 3.42. The maximum atomic E-state index is 11.0. The second-order valence-electron chi connectivity index (χ2n) is 1.88. The van der Waals surface area contributed by atoms with Crippen LogP contribution in [0.25, 0.3) is 0 Å². The van der Waals surface area contributed by atoms with Crippen molar-refractivity contribution in [3.05, 3.63) is 30.3 Å². The number of rotatable bonds is 1. The minimum absolute atomic E-state index is 0.512. The smallest absolute Gasteiger partial charge is 0.249 e. The van der Waals surface area contributed by atoms with Gasteiger partial charge >= 0.3 is 6.94 Å². The molecule has 10 heavy (non-hydrogen) atoms. The van der Waals surface area contributed by atoms with Crippen molar-refractivity contribution in [2.24, 2.45) is 0 Å². The Morgan fingerprint density at radius 2 is 1.60 bits per heavy atom. The summed E-state index contributed by atoms with van der Waals surface area (Å²) >= 11 is 10.8. The zero-order valence-corrected chi connectivity index (χ0v) is 7.56. The average Bonchev–Trinajstić information content (AvgIpc) is 1.88. The molecule has 4 heteroatoms. The van der Waals surface area contributed by atoms with Crippen molar-refractivity contribution in [1.82, 2.24) is 0 Å². The van der Waals surface area contributed by atoms with Crippen molar-refractivity contribution in [3.63, 3.8) is 0 Å². The fraction of sp³-hybridized carbons (Fsp3) is 0. The van der Waals surface area contributed by atoms with E-state index in [1.807, 2.05) is 6.07 Å². The minimum Gasteiger partial charge on any atom is -0.249 e. The molecule has 0 unspecified atom stereocenters. The molecule has 0 amide bonds. The van der Waals surface area contributed by atoms with Crippen LogP contribution >= 0.6 is 22.2 Å². The number of benzene rings is 1. The second-order valence-corrected chi connectivity index (χ2v) is 7.27. The standard InChI is InChI=1S/C6H5Cl2OSi/c7-10(8,9)6-4-2-1-3-5-6/h1-5H. The van der Waals surface area contributed by atoms with Crippen LogP contribution in [0.2, 0.25) is 0 Å². The highest BCUT2D eigenvalue weighted by molar-refractivity contribution is 7.47. The molecule has 0 aromatic heterocycles. The van der Waals surface area contributed by atoms with Gasteiger partial charge in [-0.2, -0.15) is 0 Å². The molecule has 0 aliphatic rings. The van der Waals surface area contributed by atoms with Crippen LogP contribution in [-0.2, 0) is 4.80 Å². The van der Waals surface area contributed by atoms with Gasteiger partial charge in [0.2, 0.25) is 0 Å². The van der Waals surface area contributed by atoms with E-state index in [0.29, 0.717) is 5.19 Å². The highest BCUT2D eigenvalue weighted by atomic mass is 35.7. The highest BCUT2D eigenvalue weighted by Gasteiger charge is 2.30. The maximum Gasteiger partial charge on any atom is 0.455 e. The predicted molar refractivity (Wildman–Crippen MR) is 44.2 cm³/mol. The van der Waals surface area contributed by atoms with E-state index < -0.39 is 6.94 Å². The lowest BCUT2D eigenvalue weighted by Crippen LogP contribution is -2.34. The number of hydrogen-bond acceptors (Lipinski definition) is 0. The van der Waals surface area contributed by atoms with Gasteiger partial charge in [0.05, 0.1) is 0 Å². The lowest BCUT2D eigenvalue weighted by molar-refractivity contribution is 0.469. The first-order valence-corrected chi connectivity index (χ1v) is 6.67. The third kappa shape index (κ3) is 1.99. The van der Waals surface area contributed by atoms with E-state index >= 15 is 0 Å². The second kappa shape index (κ2) is 2.92. The molecular weight excluding hydrogens is 187 g/mol. The number of halogens is 2. The normalized spacial score (nSPS) is 11.5. The minimum atomic E-state index is -3.34. The Bertz CT molecular complexity index is 207. The summed E-state index contributed by atoms with van der Waals surface area (Å²) < 4.78 is 0. The molecule has 53 valence electrons. The largest absolute Gasteiger partial charge is 0.455 e. The molecule has 0 bridgehead atoms. The Balaban J connectivity index is 2.97. The zero-order valence-electron chi connectivity index (χ0n) is 5.05. The van der Waals surface area contributed by atoms with Crippen LogP contribution in [0.3, 0.4) is 0 Å². The van der Waals surface area contributed by atoms with Crippen molar-refractivity contribution in [2.45, 2.75) is 0 Å². The van der Waals surface area contributed by atoms with Gasteiger partial charge in [-0.25, -0.2) is 4.80 Å². The van der Waals surface area contributed by atoms with Crippen LogP contribution in [0.4, 0.5) is 0 Å². The summed E-state index contributed by atoms with van der Waals surface area (Å²) in [5.41, 5.74) is 0. The van der Waals surface area contributed by atoms with Crippen molar-refractivity contribution >= 4 is 34.3 Å². The fourth-order valence-electron chi connectivity index (χ4n) is 0.632. The monoisotopic (exact) mass is 191 g/mol. The summed E-state index contributed by atoms with van der Waals surface area (Å²) in [7, 11) is 0. The molecule has 1 aromatic rings. The molecule has 0 atom stereocenters. The molecule has 0 saturated carbocycles. The lowest BCUT2D eigenvalue weighted by atomic mass is 10.4. The zero-order chi connectivity index (χ0) is 7.61. The average molecular weight is 192 g/mol. The molecule has 0 N–H and O–H groups in total. The van der Waals surface area contributed by atoms with E-state index in [2.05, 4.69) is 0 Å². The van der Waals surface area contributed by atoms with Gasteiger partial charge in [0, 0.05) is 0 Å². The lowest BCUT2D eigenvalue weighted by Gasteiger charge is -2.03. The first kappa shape index (κ1) is 8.08. The highest BCUT2D eigenvalue weighted by Crippen LogP contribution is 2.10. The van der Waals surface area contributed by atoms with Crippen LogP contribution in [0.1, 0.15) is 0 Å². The summed E-state index contributed by atoms with van der Waals surface area (Å²) in [4.78, 5) is 11.0. The first-order valence-electron chi connectivity index (χ1n) is 2.74. The molecule has 0 heterocycles. The molecule has 1 nitrogen and oxygen atoms in total. The Hall–Kier alpha value is -0.0231. The van der Waals surface area contributed by atoms with Crippen molar-refractivity contribution < 1.29 is 4.80 Å². The van der Waals surface area contributed by atoms with Gasteiger partial charge in [-0.15, -0.1) is 22.2 Å².